The smallest absolute Gasteiger partial charge is 0.158 e. The molecule has 0 radical (unpaired) electrons. The van der Waals surface area contributed by atoms with Gasteiger partial charge in [-0.25, -0.2) is 0 Å². The van der Waals surface area contributed by atoms with E-state index in [-0.39, 0.29) is 11.2 Å². The third-order valence-electron chi connectivity index (χ3n) is 2.13. The Kier molecular flexibility index (Phi) is 4.82. The van der Waals surface area contributed by atoms with Gasteiger partial charge in [0.2, 0.25) is 0 Å². The Bertz CT molecular complexity index is 256. The number of Topliss-reactive ketones (excluding diaryl/α,β-unsaturated/α-hetero) is 1. The highest BCUT2D eigenvalue weighted by atomic mass is 16.1. The summed E-state index contributed by atoms with van der Waals surface area (Å²) in [5.41, 5.74) is 2.07. The second-order valence-electron chi connectivity index (χ2n) is 4.73. The fourth-order valence-electron chi connectivity index (χ4n) is 1.77. The van der Waals surface area contributed by atoms with Gasteiger partial charge in [-0.2, -0.15) is 0 Å². The van der Waals surface area contributed by atoms with Crippen LogP contribution < -0.4 is 0 Å². The van der Waals surface area contributed by atoms with E-state index >= 15 is 0 Å². The van der Waals surface area contributed by atoms with Crippen LogP contribution in [0.3, 0.4) is 0 Å². The van der Waals surface area contributed by atoms with Gasteiger partial charge in [-0.05, 0) is 31.3 Å². The van der Waals surface area contributed by atoms with E-state index in [0.717, 1.165) is 17.6 Å². The van der Waals surface area contributed by atoms with Crippen LogP contribution in [0.4, 0.5) is 0 Å². The minimum absolute atomic E-state index is 0.0424. The summed E-state index contributed by atoms with van der Waals surface area (Å²) in [7, 11) is 0. The molecule has 0 unspecified atom stereocenters. The van der Waals surface area contributed by atoms with Crippen LogP contribution in [0.5, 0.6) is 0 Å². The summed E-state index contributed by atoms with van der Waals surface area (Å²) in [6.45, 7) is 14.0. The van der Waals surface area contributed by atoms with Gasteiger partial charge in [0.25, 0.3) is 0 Å². The third kappa shape index (κ3) is 5.00. The minimum Gasteiger partial charge on any atom is -0.295 e. The van der Waals surface area contributed by atoms with E-state index in [4.69, 9.17) is 0 Å². The Morgan fingerprint density at radius 3 is 2.21 bits per heavy atom. The molecule has 14 heavy (non-hydrogen) atoms. The number of rotatable bonds is 5. The zero-order valence-corrected chi connectivity index (χ0v) is 10.1. The maximum Gasteiger partial charge on any atom is 0.158 e. The maximum absolute atomic E-state index is 11.4. The first kappa shape index (κ1) is 13.2. The summed E-state index contributed by atoms with van der Waals surface area (Å²) >= 11 is 0. The van der Waals surface area contributed by atoms with Crippen LogP contribution in [-0.2, 0) is 4.79 Å². The molecular weight excluding hydrogens is 172 g/mol. The van der Waals surface area contributed by atoms with Gasteiger partial charge in [0.1, 0.15) is 0 Å². The fourth-order valence-corrected chi connectivity index (χ4v) is 1.77. The van der Waals surface area contributed by atoms with Crippen LogP contribution in [0.1, 0.15) is 47.5 Å². The van der Waals surface area contributed by atoms with Crippen LogP contribution >= 0.6 is 0 Å². The van der Waals surface area contributed by atoms with E-state index in [1.807, 2.05) is 20.8 Å². The summed E-state index contributed by atoms with van der Waals surface area (Å²) < 4.78 is 0. The molecule has 0 N–H and O–H groups in total. The zero-order valence-electron chi connectivity index (χ0n) is 10.1. The molecule has 0 bridgehead atoms. The van der Waals surface area contributed by atoms with E-state index in [1.54, 1.807) is 0 Å². The number of ketones is 1. The fraction of sp³-hybridized carbons (Fsp3) is 0.615. The topological polar surface area (TPSA) is 17.1 Å². The predicted octanol–water partition coefficient (Wildman–Crippen LogP) is 3.90. The van der Waals surface area contributed by atoms with Crippen LogP contribution in [0, 0.1) is 5.41 Å². The van der Waals surface area contributed by atoms with Crippen LogP contribution in [0.15, 0.2) is 23.8 Å². The molecule has 1 nitrogen and oxygen atoms in total. The average molecular weight is 194 g/mol. The summed E-state index contributed by atoms with van der Waals surface area (Å²) in [5.74, 6) is 0.236. The second-order valence-corrected chi connectivity index (χ2v) is 4.73. The van der Waals surface area contributed by atoms with Gasteiger partial charge in [0.05, 0.1) is 0 Å². The lowest BCUT2D eigenvalue weighted by atomic mass is 9.84. The van der Waals surface area contributed by atoms with Crippen molar-refractivity contribution in [2.45, 2.75) is 47.5 Å². The Morgan fingerprint density at radius 2 is 1.86 bits per heavy atom. The van der Waals surface area contributed by atoms with Crippen molar-refractivity contribution in [2.75, 3.05) is 0 Å². The number of hydrogen-bond donors (Lipinski definition) is 0. The standard InChI is InChI=1S/C13H22O/c1-7-12(14)11(4)9-13(5,6)8-10(2)3/h9H,2,7-8H2,1,3-6H3/b11-9+. The van der Waals surface area contributed by atoms with Gasteiger partial charge in [-0.1, -0.05) is 32.4 Å². The first-order chi connectivity index (χ1) is 6.28. The van der Waals surface area contributed by atoms with Crippen molar-refractivity contribution in [1.29, 1.82) is 0 Å². The minimum atomic E-state index is 0.0424. The number of allylic oxidation sites excluding steroid dienone is 3. The van der Waals surface area contributed by atoms with Gasteiger partial charge in [0, 0.05) is 6.42 Å². The molecule has 0 aliphatic carbocycles. The Hall–Kier alpha value is -0.850. The predicted molar refractivity (Wildman–Crippen MR) is 62.3 cm³/mol. The number of hydrogen-bond acceptors (Lipinski definition) is 1. The van der Waals surface area contributed by atoms with E-state index < -0.39 is 0 Å². The molecule has 0 spiro atoms. The highest BCUT2D eigenvalue weighted by molar-refractivity contribution is 5.94. The molecule has 1 heteroatoms. The van der Waals surface area contributed by atoms with Gasteiger partial charge >= 0.3 is 0 Å². The molecule has 0 aromatic carbocycles. The van der Waals surface area contributed by atoms with Gasteiger partial charge in [0.15, 0.2) is 5.78 Å². The molecule has 0 aliphatic heterocycles. The van der Waals surface area contributed by atoms with Crippen molar-refractivity contribution in [1.82, 2.24) is 0 Å². The third-order valence-corrected chi connectivity index (χ3v) is 2.13. The highest BCUT2D eigenvalue weighted by Gasteiger charge is 2.16. The maximum atomic E-state index is 11.4. The molecule has 0 atom stereocenters. The van der Waals surface area contributed by atoms with Crippen molar-refractivity contribution in [3.05, 3.63) is 23.8 Å². The Morgan fingerprint density at radius 1 is 1.36 bits per heavy atom. The van der Waals surface area contributed by atoms with Crippen molar-refractivity contribution in [3.8, 4) is 0 Å². The normalized spacial score (nSPS) is 12.8. The zero-order chi connectivity index (χ0) is 11.4. The molecule has 0 amide bonds. The first-order valence-electron chi connectivity index (χ1n) is 5.15. The molecule has 0 aliphatic rings. The van der Waals surface area contributed by atoms with Crippen molar-refractivity contribution in [3.63, 3.8) is 0 Å². The van der Waals surface area contributed by atoms with E-state index in [2.05, 4.69) is 26.5 Å². The lowest BCUT2D eigenvalue weighted by Gasteiger charge is -2.21. The van der Waals surface area contributed by atoms with Crippen LogP contribution in [-0.4, -0.2) is 5.78 Å². The summed E-state index contributed by atoms with van der Waals surface area (Å²) in [6.07, 6.45) is 3.58. The molecular formula is C13H22O. The lowest BCUT2D eigenvalue weighted by Crippen LogP contribution is -2.10. The number of carbonyl (C=O) groups excluding carboxylic acids is 1. The monoisotopic (exact) mass is 194 g/mol. The van der Waals surface area contributed by atoms with Gasteiger partial charge < -0.3 is 0 Å². The highest BCUT2D eigenvalue weighted by Crippen LogP contribution is 2.27. The molecule has 80 valence electrons. The lowest BCUT2D eigenvalue weighted by molar-refractivity contribution is -0.115. The van der Waals surface area contributed by atoms with Gasteiger partial charge in [-0.3, -0.25) is 4.79 Å². The molecule has 0 saturated heterocycles. The summed E-state index contributed by atoms with van der Waals surface area (Å²) in [5, 5.41) is 0. The quantitative estimate of drug-likeness (QED) is 0.479. The van der Waals surface area contributed by atoms with Crippen molar-refractivity contribution in [2.24, 2.45) is 5.41 Å². The van der Waals surface area contributed by atoms with Crippen LogP contribution in [0.25, 0.3) is 0 Å². The number of carbonyl (C=O) groups is 1. The first-order valence-corrected chi connectivity index (χ1v) is 5.15. The molecule has 0 rings (SSSR count). The molecule has 0 aromatic heterocycles. The second kappa shape index (κ2) is 5.14. The molecule has 0 aromatic rings. The molecule has 0 saturated carbocycles. The van der Waals surface area contributed by atoms with E-state index in [1.165, 1.54) is 0 Å². The van der Waals surface area contributed by atoms with E-state index in [9.17, 15) is 4.79 Å². The SMILES string of the molecule is C=C(C)CC(C)(C)/C=C(\C)C(=O)CC. The molecule has 0 heterocycles. The van der Waals surface area contributed by atoms with Crippen LogP contribution in [0.2, 0.25) is 0 Å². The van der Waals surface area contributed by atoms with E-state index in [0.29, 0.717) is 6.42 Å². The Labute approximate surface area is 87.9 Å². The summed E-state index contributed by atoms with van der Waals surface area (Å²) in [4.78, 5) is 11.4. The largest absolute Gasteiger partial charge is 0.295 e. The van der Waals surface area contributed by atoms with Gasteiger partial charge in [-0.15, -0.1) is 6.58 Å². The average Bonchev–Trinajstić information content (AvgIpc) is 1.99. The van der Waals surface area contributed by atoms with Crippen molar-refractivity contribution >= 4 is 5.78 Å². The van der Waals surface area contributed by atoms with Crippen molar-refractivity contribution < 1.29 is 4.79 Å². The molecule has 0 fully saturated rings. The Balaban J connectivity index is 4.60. The summed E-state index contributed by atoms with van der Waals surface area (Å²) in [6, 6.07) is 0.